The van der Waals surface area contributed by atoms with Gasteiger partial charge in [-0.05, 0) is 77.2 Å². The van der Waals surface area contributed by atoms with E-state index in [0.29, 0.717) is 11.1 Å². The molecule has 5 rings (SSSR count). The quantitative estimate of drug-likeness (QED) is 0.331. The number of carbonyl (C=O) groups is 1. The molecule has 2 N–H and O–H groups in total. The fraction of sp³-hybridized carbons (Fsp3) is 0.143. The van der Waals surface area contributed by atoms with E-state index in [1.54, 1.807) is 6.07 Å². The van der Waals surface area contributed by atoms with Gasteiger partial charge in [-0.15, -0.1) is 0 Å². The molecule has 0 radical (unpaired) electrons. The second-order valence-corrected chi connectivity index (χ2v) is 8.53. The minimum Gasteiger partial charge on any atom is -0.507 e. The molecule has 5 nitrogen and oxygen atoms in total. The van der Waals surface area contributed by atoms with Crippen LogP contribution in [0.1, 0.15) is 38.2 Å². The Hall–Kier alpha value is -4.12. The number of phenols is 1. The number of hydrazone groups is 1. The predicted molar refractivity (Wildman–Crippen MR) is 133 cm³/mol. The maximum absolute atomic E-state index is 12.6. The molecule has 33 heavy (non-hydrogen) atoms. The van der Waals surface area contributed by atoms with Crippen molar-refractivity contribution in [2.24, 2.45) is 5.10 Å². The summed E-state index contributed by atoms with van der Waals surface area (Å²) in [6.45, 7) is 6.05. The van der Waals surface area contributed by atoms with Gasteiger partial charge < -0.3 is 10.0 Å². The number of hydrogen-bond acceptors (Lipinski definition) is 4. The maximum atomic E-state index is 12.6. The summed E-state index contributed by atoms with van der Waals surface area (Å²) >= 11 is 0. The van der Waals surface area contributed by atoms with Gasteiger partial charge in [0.2, 0.25) is 0 Å². The summed E-state index contributed by atoms with van der Waals surface area (Å²) in [4.78, 5) is 14.9. The van der Waals surface area contributed by atoms with Crippen molar-refractivity contribution in [1.29, 1.82) is 0 Å². The van der Waals surface area contributed by atoms with Gasteiger partial charge >= 0.3 is 0 Å². The van der Waals surface area contributed by atoms with Crippen LogP contribution in [0.4, 0.5) is 5.69 Å². The van der Waals surface area contributed by atoms with Crippen LogP contribution in [0.25, 0.3) is 10.8 Å². The van der Waals surface area contributed by atoms with Crippen molar-refractivity contribution in [3.05, 3.63) is 106 Å². The first-order chi connectivity index (χ1) is 16.0. The lowest BCUT2D eigenvalue weighted by molar-refractivity contribution is 0.0955. The number of fused-ring (bicyclic) bond motifs is 2. The molecule has 0 atom stereocenters. The van der Waals surface area contributed by atoms with Crippen LogP contribution in [0.2, 0.25) is 0 Å². The monoisotopic (exact) mass is 435 g/mol. The highest BCUT2D eigenvalue weighted by Crippen LogP contribution is 2.30. The van der Waals surface area contributed by atoms with Crippen molar-refractivity contribution in [3.8, 4) is 5.75 Å². The number of carbonyl (C=O) groups excluding carboxylic acids is 1. The largest absolute Gasteiger partial charge is 0.507 e. The number of hydrogen-bond donors (Lipinski definition) is 2. The van der Waals surface area contributed by atoms with Gasteiger partial charge in [-0.2, -0.15) is 5.10 Å². The molecule has 0 saturated carbocycles. The third kappa shape index (κ3) is 4.05. The normalized spacial score (nSPS) is 13.0. The SMILES string of the molecule is Cc1cc2c(cc1C)CN(c1ccc(C(=O)N/N=C\c3c(O)ccc4ccccc34)cc1)C2. The Labute approximate surface area is 193 Å². The van der Waals surface area contributed by atoms with Crippen molar-refractivity contribution >= 4 is 28.6 Å². The Morgan fingerprint density at radius 2 is 1.61 bits per heavy atom. The van der Waals surface area contributed by atoms with E-state index in [1.165, 1.54) is 28.5 Å². The molecule has 0 aliphatic carbocycles. The van der Waals surface area contributed by atoms with Crippen molar-refractivity contribution < 1.29 is 9.90 Å². The number of nitrogens with zero attached hydrogens (tertiary/aromatic N) is 2. The smallest absolute Gasteiger partial charge is 0.271 e. The van der Waals surface area contributed by atoms with E-state index in [0.717, 1.165) is 29.5 Å². The second kappa shape index (κ2) is 8.43. The topological polar surface area (TPSA) is 64.9 Å². The molecule has 4 aromatic rings. The molecule has 5 heteroatoms. The van der Waals surface area contributed by atoms with Crippen molar-refractivity contribution in [2.75, 3.05) is 4.90 Å². The zero-order chi connectivity index (χ0) is 22.9. The zero-order valence-electron chi connectivity index (χ0n) is 18.7. The molecule has 0 fully saturated rings. The van der Waals surface area contributed by atoms with Gasteiger partial charge in [0, 0.05) is 29.9 Å². The molecule has 1 aliphatic heterocycles. The number of aromatic hydroxyl groups is 1. The molecule has 0 saturated heterocycles. The highest BCUT2D eigenvalue weighted by molar-refractivity contribution is 6.03. The molecular weight excluding hydrogens is 410 g/mol. The molecular formula is C28H25N3O2. The van der Waals surface area contributed by atoms with Crippen molar-refractivity contribution in [3.63, 3.8) is 0 Å². The third-order valence-electron chi connectivity index (χ3n) is 6.34. The van der Waals surface area contributed by atoms with Gasteiger partial charge in [0.1, 0.15) is 5.75 Å². The molecule has 1 heterocycles. The summed E-state index contributed by atoms with van der Waals surface area (Å²) in [6.07, 6.45) is 1.48. The lowest BCUT2D eigenvalue weighted by atomic mass is 10.0. The summed E-state index contributed by atoms with van der Waals surface area (Å²) in [6, 6.07) is 23.3. The van der Waals surface area contributed by atoms with Gasteiger partial charge in [-0.1, -0.05) is 42.5 Å². The molecule has 164 valence electrons. The minimum absolute atomic E-state index is 0.119. The number of benzene rings is 4. The van der Waals surface area contributed by atoms with Crippen LogP contribution in [0.3, 0.4) is 0 Å². The van der Waals surface area contributed by atoms with Gasteiger partial charge in [0.15, 0.2) is 0 Å². The molecule has 1 amide bonds. The molecule has 0 unspecified atom stereocenters. The molecule has 4 aromatic carbocycles. The highest BCUT2D eigenvalue weighted by Gasteiger charge is 2.20. The maximum Gasteiger partial charge on any atom is 0.271 e. The molecule has 0 aromatic heterocycles. The first kappa shape index (κ1) is 20.8. The number of nitrogens with one attached hydrogen (secondary N) is 1. The van der Waals surface area contributed by atoms with E-state index >= 15 is 0 Å². The van der Waals surface area contributed by atoms with Gasteiger partial charge in [0.05, 0.1) is 6.21 Å². The second-order valence-electron chi connectivity index (χ2n) is 8.53. The zero-order valence-corrected chi connectivity index (χ0v) is 18.7. The summed E-state index contributed by atoms with van der Waals surface area (Å²) < 4.78 is 0. The summed E-state index contributed by atoms with van der Waals surface area (Å²) in [5, 5.41) is 16.2. The van der Waals surface area contributed by atoms with Crippen LogP contribution >= 0.6 is 0 Å². The Balaban J connectivity index is 1.27. The van der Waals surface area contributed by atoms with E-state index in [2.05, 4.69) is 41.4 Å². The predicted octanol–water partition coefficient (Wildman–Crippen LogP) is 5.45. The third-order valence-corrected chi connectivity index (χ3v) is 6.34. The summed E-state index contributed by atoms with van der Waals surface area (Å²) in [5.74, 6) is -0.179. The number of aryl methyl sites for hydroxylation is 2. The van der Waals surface area contributed by atoms with Crippen LogP contribution in [0.15, 0.2) is 77.9 Å². The standard InChI is InChI=1S/C28H25N3O2/c1-18-13-22-16-31(17-23(22)14-19(18)2)24-10-7-21(8-11-24)28(33)30-29-15-26-25-6-4-3-5-20(25)9-12-27(26)32/h3-15,32H,16-17H2,1-2H3,(H,30,33)/b29-15-. The number of phenolic OH excluding ortho intramolecular Hbond substituents is 1. The minimum atomic E-state index is -0.298. The average molecular weight is 436 g/mol. The Kier molecular flexibility index (Phi) is 5.31. The van der Waals surface area contributed by atoms with E-state index in [9.17, 15) is 9.90 Å². The highest BCUT2D eigenvalue weighted by atomic mass is 16.3. The average Bonchev–Trinajstić information content (AvgIpc) is 3.23. The van der Waals surface area contributed by atoms with Gasteiger partial charge in [-0.3, -0.25) is 4.79 Å². The van der Waals surface area contributed by atoms with Crippen LogP contribution < -0.4 is 10.3 Å². The fourth-order valence-corrected chi connectivity index (χ4v) is 4.34. The van der Waals surface area contributed by atoms with Gasteiger partial charge in [0.25, 0.3) is 5.91 Å². The number of anilines is 1. The Morgan fingerprint density at radius 3 is 2.30 bits per heavy atom. The fourth-order valence-electron chi connectivity index (χ4n) is 4.34. The first-order valence-corrected chi connectivity index (χ1v) is 11.0. The van der Waals surface area contributed by atoms with Crippen LogP contribution in [0, 0.1) is 13.8 Å². The van der Waals surface area contributed by atoms with Crippen LogP contribution in [-0.4, -0.2) is 17.2 Å². The van der Waals surface area contributed by atoms with Crippen LogP contribution in [0.5, 0.6) is 5.75 Å². The molecule has 1 aliphatic rings. The van der Waals surface area contributed by atoms with Crippen molar-refractivity contribution in [1.82, 2.24) is 5.43 Å². The summed E-state index contributed by atoms with van der Waals surface area (Å²) in [5.41, 5.74) is 10.1. The van der Waals surface area contributed by atoms with Crippen LogP contribution in [-0.2, 0) is 13.1 Å². The van der Waals surface area contributed by atoms with E-state index in [-0.39, 0.29) is 11.7 Å². The van der Waals surface area contributed by atoms with E-state index < -0.39 is 0 Å². The Morgan fingerprint density at radius 1 is 0.939 bits per heavy atom. The first-order valence-electron chi connectivity index (χ1n) is 11.0. The van der Waals surface area contributed by atoms with Gasteiger partial charge in [-0.25, -0.2) is 5.43 Å². The number of rotatable bonds is 4. The molecule has 0 spiro atoms. The van der Waals surface area contributed by atoms with Crippen molar-refractivity contribution in [2.45, 2.75) is 26.9 Å². The van der Waals surface area contributed by atoms with E-state index in [1.807, 2.05) is 54.6 Å². The number of amides is 1. The van der Waals surface area contributed by atoms with E-state index in [4.69, 9.17) is 0 Å². The lowest BCUT2D eigenvalue weighted by Crippen LogP contribution is -2.18. The summed E-state index contributed by atoms with van der Waals surface area (Å²) in [7, 11) is 0. The lowest BCUT2D eigenvalue weighted by Gasteiger charge is -2.17. The molecule has 0 bridgehead atoms. The Bertz CT molecular complexity index is 1360.